The second kappa shape index (κ2) is 7.49. The first kappa shape index (κ1) is 21.0. The summed E-state index contributed by atoms with van der Waals surface area (Å²) in [5.74, 6) is 0.943. The molecule has 34 heavy (non-hydrogen) atoms. The van der Waals surface area contributed by atoms with Crippen molar-refractivity contribution in [2.45, 2.75) is 46.1 Å². The number of nitrogens with zero attached hydrogens (tertiary/aromatic N) is 1. The number of nitrogens with one attached hydrogen (secondary N) is 1. The molecule has 3 aromatic carbocycles. The summed E-state index contributed by atoms with van der Waals surface area (Å²) in [5, 5.41) is 6.23. The number of Topliss-reactive ketones (excluding diaryl/α,β-unsaturated/α-hetero) is 1. The highest BCUT2D eigenvalue weighted by atomic mass is 16.5. The number of carbonyl (C=O) groups excluding carboxylic acids is 1. The monoisotopic (exact) mass is 450 g/mol. The molecule has 1 atom stereocenters. The van der Waals surface area contributed by atoms with Gasteiger partial charge in [0.15, 0.2) is 5.78 Å². The zero-order valence-electron chi connectivity index (χ0n) is 20.2. The molecule has 0 saturated carbocycles. The number of para-hydroxylation sites is 1. The fourth-order valence-corrected chi connectivity index (χ4v) is 6.06. The molecule has 1 aromatic heterocycles. The van der Waals surface area contributed by atoms with Crippen molar-refractivity contribution in [1.82, 2.24) is 4.57 Å². The molecule has 4 nitrogen and oxygen atoms in total. The number of ketones is 1. The minimum absolute atomic E-state index is 0.0539. The highest BCUT2D eigenvalue weighted by Crippen LogP contribution is 2.50. The van der Waals surface area contributed by atoms with Gasteiger partial charge in [0.1, 0.15) is 5.75 Å². The van der Waals surface area contributed by atoms with Crippen LogP contribution < -0.4 is 10.1 Å². The Bertz CT molecular complexity index is 1510. The average molecular weight is 451 g/mol. The van der Waals surface area contributed by atoms with Gasteiger partial charge in [-0.05, 0) is 60.2 Å². The summed E-state index contributed by atoms with van der Waals surface area (Å²) in [5.41, 5.74) is 7.75. The van der Waals surface area contributed by atoms with Crippen LogP contribution in [0.1, 0.15) is 50.7 Å². The predicted molar refractivity (Wildman–Crippen MR) is 139 cm³/mol. The second-order valence-electron chi connectivity index (χ2n) is 10.4. The SMILES string of the molecule is CCn1c2ccccc2c2cc3c(cc21)C(c1cccc(OC)c1)C1=C(CC(C)(C)CC1=O)N3. The normalized spacial score (nSPS) is 19.2. The van der Waals surface area contributed by atoms with E-state index < -0.39 is 0 Å². The van der Waals surface area contributed by atoms with Crippen molar-refractivity contribution in [3.05, 3.63) is 83.1 Å². The molecule has 2 heterocycles. The van der Waals surface area contributed by atoms with Crippen LogP contribution in [-0.4, -0.2) is 17.5 Å². The van der Waals surface area contributed by atoms with Gasteiger partial charge < -0.3 is 14.6 Å². The number of hydrogen-bond donors (Lipinski definition) is 1. The lowest BCUT2D eigenvalue weighted by atomic mass is 9.68. The van der Waals surface area contributed by atoms with Crippen molar-refractivity contribution < 1.29 is 9.53 Å². The van der Waals surface area contributed by atoms with E-state index in [9.17, 15) is 4.79 Å². The van der Waals surface area contributed by atoms with Crippen LogP contribution >= 0.6 is 0 Å². The number of aromatic nitrogens is 1. The average Bonchev–Trinajstić information content (AvgIpc) is 3.13. The van der Waals surface area contributed by atoms with Crippen LogP contribution in [0.4, 0.5) is 5.69 Å². The van der Waals surface area contributed by atoms with E-state index in [1.807, 2.05) is 12.1 Å². The van der Waals surface area contributed by atoms with Gasteiger partial charge in [-0.3, -0.25) is 4.79 Å². The first-order chi connectivity index (χ1) is 16.4. The van der Waals surface area contributed by atoms with Crippen molar-refractivity contribution in [3.63, 3.8) is 0 Å². The Kier molecular flexibility index (Phi) is 4.63. The smallest absolute Gasteiger partial charge is 0.162 e. The number of hydrogen-bond acceptors (Lipinski definition) is 3. The van der Waals surface area contributed by atoms with Gasteiger partial charge in [0.05, 0.1) is 7.11 Å². The van der Waals surface area contributed by atoms with Crippen LogP contribution in [-0.2, 0) is 11.3 Å². The van der Waals surface area contributed by atoms with Crippen molar-refractivity contribution >= 4 is 33.3 Å². The quantitative estimate of drug-likeness (QED) is 0.365. The molecule has 0 spiro atoms. The van der Waals surface area contributed by atoms with Crippen LogP contribution in [0.5, 0.6) is 5.75 Å². The number of rotatable bonds is 3. The Labute approximate surface area is 200 Å². The molecule has 4 aromatic rings. The molecule has 0 fully saturated rings. The molecule has 0 radical (unpaired) electrons. The fourth-order valence-electron chi connectivity index (χ4n) is 6.06. The van der Waals surface area contributed by atoms with Gasteiger partial charge in [0.2, 0.25) is 0 Å². The molecule has 1 aliphatic carbocycles. The zero-order chi connectivity index (χ0) is 23.6. The first-order valence-electron chi connectivity index (χ1n) is 12.1. The van der Waals surface area contributed by atoms with E-state index in [0.29, 0.717) is 6.42 Å². The van der Waals surface area contributed by atoms with Crippen LogP contribution in [0.15, 0.2) is 71.9 Å². The third-order valence-electron chi connectivity index (χ3n) is 7.49. The summed E-state index contributed by atoms with van der Waals surface area (Å²) in [6.45, 7) is 7.45. The largest absolute Gasteiger partial charge is 0.497 e. The summed E-state index contributed by atoms with van der Waals surface area (Å²) in [7, 11) is 1.69. The Morgan fingerprint density at radius 1 is 1.00 bits per heavy atom. The van der Waals surface area contributed by atoms with Gasteiger partial charge in [0.25, 0.3) is 0 Å². The minimum Gasteiger partial charge on any atom is -0.497 e. The Balaban J connectivity index is 1.66. The molecule has 1 unspecified atom stereocenters. The van der Waals surface area contributed by atoms with E-state index in [-0.39, 0.29) is 17.1 Å². The second-order valence-corrected chi connectivity index (χ2v) is 10.4. The maximum atomic E-state index is 13.6. The predicted octanol–water partition coefficient (Wildman–Crippen LogP) is 7.02. The maximum absolute atomic E-state index is 13.6. The first-order valence-corrected chi connectivity index (χ1v) is 12.1. The Morgan fingerprint density at radius 3 is 2.62 bits per heavy atom. The number of ether oxygens (including phenoxy) is 1. The lowest BCUT2D eigenvalue weighted by Gasteiger charge is -2.39. The zero-order valence-corrected chi connectivity index (χ0v) is 20.2. The topological polar surface area (TPSA) is 43.3 Å². The van der Waals surface area contributed by atoms with Crippen LogP contribution in [0.3, 0.4) is 0 Å². The van der Waals surface area contributed by atoms with E-state index in [2.05, 4.69) is 79.2 Å². The van der Waals surface area contributed by atoms with Crippen molar-refractivity contribution in [2.24, 2.45) is 5.41 Å². The van der Waals surface area contributed by atoms with E-state index in [1.165, 1.54) is 21.8 Å². The van der Waals surface area contributed by atoms with Crippen LogP contribution in [0.2, 0.25) is 0 Å². The van der Waals surface area contributed by atoms with E-state index in [4.69, 9.17) is 4.74 Å². The van der Waals surface area contributed by atoms with Gasteiger partial charge in [-0.1, -0.05) is 44.2 Å². The molecule has 0 amide bonds. The molecular weight excluding hydrogens is 420 g/mol. The third kappa shape index (κ3) is 3.08. The van der Waals surface area contributed by atoms with Crippen LogP contribution in [0.25, 0.3) is 21.8 Å². The molecule has 6 rings (SSSR count). The van der Waals surface area contributed by atoms with Crippen molar-refractivity contribution in [2.75, 3.05) is 12.4 Å². The summed E-state index contributed by atoms with van der Waals surface area (Å²) in [4.78, 5) is 13.6. The molecule has 0 saturated heterocycles. The van der Waals surface area contributed by atoms with Gasteiger partial charge >= 0.3 is 0 Å². The number of anilines is 1. The van der Waals surface area contributed by atoms with Gasteiger partial charge in [0, 0.05) is 57.6 Å². The summed E-state index contributed by atoms with van der Waals surface area (Å²) in [6.07, 6.45) is 1.43. The Hall–Kier alpha value is -3.53. The summed E-state index contributed by atoms with van der Waals surface area (Å²) >= 11 is 0. The summed E-state index contributed by atoms with van der Waals surface area (Å²) in [6, 6.07) is 21.4. The molecule has 1 N–H and O–H groups in total. The van der Waals surface area contributed by atoms with Crippen LogP contribution in [0, 0.1) is 5.41 Å². The molecule has 4 heteroatoms. The molecule has 0 bridgehead atoms. The Morgan fingerprint density at radius 2 is 1.82 bits per heavy atom. The molecular formula is C30H30N2O2. The highest BCUT2D eigenvalue weighted by Gasteiger charge is 2.41. The third-order valence-corrected chi connectivity index (χ3v) is 7.49. The van der Waals surface area contributed by atoms with Gasteiger partial charge in [-0.25, -0.2) is 0 Å². The fraction of sp³-hybridized carbons (Fsp3) is 0.300. The number of aryl methyl sites for hydroxylation is 1. The highest BCUT2D eigenvalue weighted by molar-refractivity contribution is 6.10. The summed E-state index contributed by atoms with van der Waals surface area (Å²) < 4.78 is 7.93. The minimum atomic E-state index is -0.113. The number of benzene rings is 3. The van der Waals surface area contributed by atoms with Crippen molar-refractivity contribution in [1.29, 1.82) is 0 Å². The van der Waals surface area contributed by atoms with Gasteiger partial charge in [-0.15, -0.1) is 0 Å². The number of fused-ring (bicyclic) bond motifs is 4. The maximum Gasteiger partial charge on any atom is 0.162 e. The lowest BCUT2D eigenvalue weighted by molar-refractivity contribution is -0.118. The van der Waals surface area contributed by atoms with E-state index in [0.717, 1.165) is 46.8 Å². The molecule has 2 aliphatic rings. The molecule has 172 valence electrons. The number of methoxy groups -OCH3 is 1. The van der Waals surface area contributed by atoms with Gasteiger partial charge in [-0.2, -0.15) is 0 Å². The van der Waals surface area contributed by atoms with E-state index >= 15 is 0 Å². The van der Waals surface area contributed by atoms with E-state index in [1.54, 1.807) is 7.11 Å². The lowest BCUT2D eigenvalue weighted by Crippen LogP contribution is -2.33. The van der Waals surface area contributed by atoms with Crippen molar-refractivity contribution in [3.8, 4) is 5.75 Å². The molecule has 1 aliphatic heterocycles. The standard InChI is InChI=1S/C30H30N2O2/c1-5-32-25-12-7-6-11-20(25)21-14-23-22(15-26(21)32)28(18-9-8-10-19(13-18)34-4)29-24(31-23)16-30(2,3)17-27(29)33/h6-15,28,31H,5,16-17H2,1-4H3. The number of allylic oxidation sites excluding steroid dienone is 2. The number of carbonyl (C=O) groups is 1.